The van der Waals surface area contributed by atoms with Crippen molar-refractivity contribution >= 4 is 11.8 Å². The third kappa shape index (κ3) is 11.2. The van der Waals surface area contributed by atoms with Crippen molar-refractivity contribution < 1.29 is 14.3 Å². The molecule has 19 heavy (non-hydrogen) atoms. The number of hydrogen-bond donors (Lipinski definition) is 0. The molecule has 0 aliphatic rings. The standard InChI is InChI=1S/C14H20O3.C2H6/c1-5-7-9-11(3)10-13(12(4)15)17-14(16)8-6-2;1-2/h5,7,9,13H,1,3,6,8,10H2,2,4H3;1-2H3/b9-7-;. The van der Waals surface area contributed by atoms with E-state index in [1.54, 1.807) is 18.2 Å². The van der Waals surface area contributed by atoms with Gasteiger partial charge in [-0.1, -0.05) is 57.7 Å². The highest BCUT2D eigenvalue weighted by atomic mass is 16.5. The molecular formula is C16H26O3. The van der Waals surface area contributed by atoms with Crippen LogP contribution in [-0.4, -0.2) is 17.9 Å². The molecule has 0 aromatic carbocycles. The van der Waals surface area contributed by atoms with Gasteiger partial charge in [-0.05, 0) is 13.3 Å². The van der Waals surface area contributed by atoms with Gasteiger partial charge in [0.2, 0.25) is 0 Å². The average molecular weight is 266 g/mol. The van der Waals surface area contributed by atoms with Crippen molar-refractivity contribution in [3.8, 4) is 0 Å². The molecule has 3 nitrogen and oxygen atoms in total. The quantitative estimate of drug-likeness (QED) is 0.492. The van der Waals surface area contributed by atoms with Gasteiger partial charge >= 0.3 is 5.97 Å². The molecule has 3 heteroatoms. The first-order valence-electron chi connectivity index (χ1n) is 6.68. The molecular weight excluding hydrogens is 240 g/mol. The Morgan fingerprint density at radius 1 is 1.32 bits per heavy atom. The summed E-state index contributed by atoms with van der Waals surface area (Å²) in [4.78, 5) is 22.6. The van der Waals surface area contributed by atoms with Crippen molar-refractivity contribution in [2.75, 3.05) is 0 Å². The minimum Gasteiger partial charge on any atom is -0.454 e. The maximum atomic E-state index is 11.3. The first kappa shape index (κ1) is 19.7. The molecule has 0 aromatic rings. The highest BCUT2D eigenvalue weighted by Gasteiger charge is 2.19. The number of rotatable bonds is 8. The maximum Gasteiger partial charge on any atom is 0.306 e. The number of ether oxygens (including phenoxy) is 1. The first-order valence-corrected chi connectivity index (χ1v) is 6.68. The van der Waals surface area contributed by atoms with Gasteiger partial charge in [0.25, 0.3) is 0 Å². The van der Waals surface area contributed by atoms with Crippen LogP contribution in [0.2, 0.25) is 0 Å². The lowest BCUT2D eigenvalue weighted by Gasteiger charge is -2.15. The molecule has 1 unspecified atom stereocenters. The third-order valence-corrected chi connectivity index (χ3v) is 2.10. The summed E-state index contributed by atoms with van der Waals surface area (Å²) in [5.41, 5.74) is 0.731. The summed E-state index contributed by atoms with van der Waals surface area (Å²) in [6, 6.07) is 0. The van der Waals surface area contributed by atoms with Crippen LogP contribution >= 0.6 is 0 Å². The van der Waals surface area contributed by atoms with E-state index >= 15 is 0 Å². The molecule has 0 N–H and O–H groups in total. The van der Waals surface area contributed by atoms with Gasteiger partial charge in [0.1, 0.15) is 0 Å². The molecule has 0 radical (unpaired) electrons. The van der Waals surface area contributed by atoms with E-state index in [2.05, 4.69) is 13.2 Å². The van der Waals surface area contributed by atoms with Crippen LogP contribution in [0.15, 0.2) is 37.0 Å². The van der Waals surface area contributed by atoms with Gasteiger partial charge in [0, 0.05) is 12.8 Å². The number of Topliss-reactive ketones (excluding diaryl/α,β-unsaturated/α-hetero) is 1. The van der Waals surface area contributed by atoms with E-state index in [0.29, 0.717) is 19.3 Å². The molecule has 0 heterocycles. The van der Waals surface area contributed by atoms with Gasteiger partial charge in [-0.15, -0.1) is 0 Å². The third-order valence-electron chi connectivity index (χ3n) is 2.10. The summed E-state index contributed by atoms with van der Waals surface area (Å²) >= 11 is 0. The van der Waals surface area contributed by atoms with Crippen molar-refractivity contribution in [3.05, 3.63) is 37.0 Å². The SMILES string of the molecule is C=C/C=C\C(=C)CC(OC(=O)CCC)C(C)=O.CC. The molecule has 0 fully saturated rings. The second kappa shape index (κ2) is 12.8. The highest BCUT2D eigenvalue weighted by Crippen LogP contribution is 2.11. The molecule has 0 aliphatic carbocycles. The zero-order chi connectivity index (χ0) is 15.3. The molecule has 0 saturated heterocycles. The fourth-order valence-electron chi connectivity index (χ4n) is 1.20. The van der Waals surface area contributed by atoms with Gasteiger partial charge in [0.15, 0.2) is 11.9 Å². The number of ketones is 1. The maximum absolute atomic E-state index is 11.3. The number of hydrogen-bond acceptors (Lipinski definition) is 3. The van der Waals surface area contributed by atoms with Crippen molar-refractivity contribution in [2.24, 2.45) is 0 Å². The monoisotopic (exact) mass is 266 g/mol. The fourth-order valence-corrected chi connectivity index (χ4v) is 1.20. The summed E-state index contributed by atoms with van der Waals surface area (Å²) in [6.45, 7) is 14.6. The lowest BCUT2D eigenvalue weighted by Crippen LogP contribution is -2.25. The molecule has 1 atom stereocenters. The normalized spacial score (nSPS) is 11.2. The first-order chi connectivity index (χ1) is 9.01. The van der Waals surface area contributed by atoms with Crippen LogP contribution in [0.25, 0.3) is 0 Å². The van der Waals surface area contributed by atoms with Crippen LogP contribution < -0.4 is 0 Å². The zero-order valence-corrected chi connectivity index (χ0v) is 12.6. The Morgan fingerprint density at radius 2 is 1.89 bits per heavy atom. The van der Waals surface area contributed by atoms with Gasteiger partial charge in [0.05, 0.1) is 0 Å². The van der Waals surface area contributed by atoms with E-state index in [0.717, 1.165) is 5.57 Å². The largest absolute Gasteiger partial charge is 0.454 e. The van der Waals surface area contributed by atoms with Crippen LogP contribution in [-0.2, 0) is 14.3 Å². The molecule has 0 rings (SSSR count). The molecule has 0 amide bonds. The van der Waals surface area contributed by atoms with Crippen LogP contribution in [0.3, 0.4) is 0 Å². The minimum atomic E-state index is -0.726. The second-order valence-corrected chi connectivity index (χ2v) is 3.80. The Labute approximate surface area is 117 Å². The Kier molecular flexibility index (Phi) is 13.3. The second-order valence-electron chi connectivity index (χ2n) is 3.80. The summed E-state index contributed by atoms with van der Waals surface area (Å²) in [5, 5.41) is 0. The van der Waals surface area contributed by atoms with Crippen molar-refractivity contribution in [2.45, 2.75) is 53.1 Å². The number of esters is 1. The van der Waals surface area contributed by atoms with E-state index < -0.39 is 6.10 Å². The Hall–Kier alpha value is -1.64. The topological polar surface area (TPSA) is 43.4 Å². The Bertz CT molecular complexity index is 327. The fraction of sp³-hybridized carbons (Fsp3) is 0.500. The predicted octanol–water partition coefficient (Wildman–Crippen LogP) is 4.00. The molecule has 0 saturated carbocycles. The smallest absolute Gasteiger partial charge is 0.306 e. The van der Waals surface area contributed by atoms with Crippen LogP contribution in [0.1, 0.15) is 47.0 Å². The van der Waals surface area contributed by atoms with E-state index in [1.807, 2.05) is 20.8 Å². The zero-order valence-electron chi connectivity index (χ0n) is 12.6. The summed E-state index contributed by atoms with van der Waals surface area (Å²) in [5.74, 6) is -0.504. The van der Waals surface area contributed by atoms with Gasteiger partial charge in [-0.2, -0.15) is 0 Å². The van der Waals surface area contributed by atoms with E-state index in [4.69, 9.17) is 4.74 Å². The van der Waals surface area contributed by atoms with Crippen LogP contribution in [0.4, 0.5) is 0 Å². The van der Waals surface area contributed by atoms with Crippen molar-refractivity contribution in [1.29, 1.82) is 0 Å². The number of carbonyl (C=O) groups excluding carboxylic acids is 2. The Balaban J connectivity index is 0. The van der Waals surface area contributed by atoms with Crippen LogP contribution in [0.5, 0.6) is 0 Å². The van der Waals surface area contributed by atoms with Crippen molar-refractivity contribution in [1.82, 2.24) is 0 Å². The number of allylic oxidation sites excluding steroid dienone is 3. The van der Waals surface area contributed by atoms with Gasteiger partial charge in [-0.3, -0.25) is 9.59 Å². The summed E-state index contributed by atoms with van der Waals surface area (Å²) in [6.07, 6.45) is 5.74. The summed E-state index contributed by atoms with van der Waals surface area (Å²) in [7, 11) is 0. The average Bonchev–Trinajstić information content (AvgIpc) is 2.38. The van der Waals surface area contributed by atoms with Crippen LogP contribution in [0, 0.1) is 0 Å². The summed E-state index contributed by atoms with van der Waals surface area (Å²) < 4.78 is 5.09. The molecule has 0 spiro atoms. The van der Waals surface area contributed by atoms with Gasteiger partial charge in [-0.25, -0.2) is 0 Å². The number of carbonyl (C=O) groups is 2. The predicted molar refractivity (Wildman–Crippen MR) is 79.9 cm³/mol. The molecule has 108 valence electrons. The molecule has 0 aromatic heterocycles. The molecule has 0 aliphatic heterocycles. The lowest BCUT2D eigenvalue weighted by atomic mass is 10.1. The van der Waals surface area contributed by atoms with Gasteiger partial charge < -0.3 is 4.74 Å². The van der Waals surface area contributed by atoms with E-state index in [1.165, 1.54) is 6.92 Å². The lowest BCUT2D eigenvalue weighted by molar-refractivity contribution is -0.154. The minimum absolute atomic E-state index is 0.164. The Morgan fingerprint density at radius 3 is 2.32 bits per heavy atom. The van der Waals surface area contributed by atoms with E-state index in [-0.39, 0.29) is 11.8 Å². The van der Waals surface area contributed by atoms with Crippen molar-refractivity contribution in [3.63, 3.8) is 0 Å². The highest BCUT2D eigenvalue weighted by molar-refractivity contribution is 5.83. The van der Waals surface area contributed by atoms with E-state index in [9.17, 15) is 9.59 Å². The molecule has 0 bridgehead atoms.